The summed E-state index contributed by atoms with van der Waals surface area (Å²) >= 11 is 0. The van der Waals surface area contributed by atoms with E-state index in [2.05, 4.69) is 0 Å². The molecule has 0 spiro atoms. The van der Waals surface area contributed by atoms with E-state index in [0.29, 0.717) is 12.8 Å². The van der Waals surface area contributed by atoms with Crippen LogP contribution in [0.5, 0.6) is 0 Å². The third kappa shape index (κ3) is 2.29. The number of hydrogen-bond donors (Lipinski definition) is 2. The molecule has 0 bridgehead atoms. The Morgan fingerprint density at radius 1 is 1.08 bits per heavy atom. The van der Waals surface area contributed by atoms with Crippen molar-refractivity contribution in [2.24, 2.45) is 11.5 Å². The first-order chi connectivity index (χ1) is 5.28. The summed E-state index contributed by atoms with van der Waals surface area (Å²) in [5.41, 5.74) is 10.0. The maximum atomic E-state index is 11.7. The van der Waals surface area contributed by atoms with Gasteiger partial charge in [-0.2, -0.15) is 0 Å². The molecule has 0 aromatic carbocycles. The highest BCUT2D eigenvalue weighted by Gasteiger charge is 2.37. The summed E-state index contributed by atoms with van der Waals surface area (Å²) < 4.78 is 0. The second kappa shape index (κ2) is 3.54. The Kier molecular flexibility index (Phi) is 3.42. The molecule has 0 heterocycles. The Morgan fingerprint density at radius 2 is 1.33 bits per heavy atom. The van der Waals surface area contributed by atoms with Crippen LogP contribution in [-0.2, 0) is 4.79 Å². The minimum atomic E-state index is -0.778. The fourth-order valence-corrected chi connectivity index (χ4v) is 0.973. The van der Waals surface area contributed by atoms with Crippen molar-refractivity contribution >= 4 is 5.78 Å². The van der Waals surface area contributed by atoms with Crippen LogP contribution >= 0.6 is 0 Å². The van der Waals surface area contributed by atoms with Gasteiger partial charge in [0.1, 0.15) is 0 Å². The van der Waals surface area contributed by atoms with E-state index >= 15 is 0 Å². The van der Waals surface area contributed by atoms with Crippen LogP contribution in [0.3, 0.4) is 0 Å². The fraction of sp³-hybridized carbons (Fsp3) is 0.889. The molecule has 4 N–H and O–H groups in total. The number of carbonyl (C=O) groups is 1. The van der Waals surface area contributed by atoms with Crippen LogP contribution in [0.1, 0.15) is 40.5 Å². The zero-order chi connectivity index (χ0) is 9.99. The van der Waals surface area contributed by atoms with Crippen LogP contribution in [0, 0.1) is 0 Å². The summed E-state index contributed by atoms with van der Waals surface area (Å²) in [6.07, 6.45) is 1.25. The SMILES string of the molecule is CCC(C)(N)C(=O)C(C)(N)CC. The van der Waals surface area contributed by atoms with E-state index in [1.54, 1.807) is 13.8 Å². The number of rotatable bonds is 4. The Labute approximate surface area is 74.5 Å². The lowest BCUT2D eigenvalue weighted by Gasteiger charge is -2.31. The molecule has 3 nitrogen and oxygen atoms in total. The molecule has 0 aliphatic carbocycles. The molecule has 2 atom stereocenters. The third-order valence-corrected chi connectivity index (χ3v) is 2.51. The van der Waals surface area contributed by atoms with Gasteiger partial charge in [0.05, 0.1) is 11.1 Å². The van der Waals surface area contributed by atoms with Crippen LogP contribution in [0.4, 0.5) is 0 Å². The Balaban J connectivity index is 4.60. The second-order valence-corrected chi connectivity index (χ2v) is 3.87. The molecular weight excluding hydrogens is 152 g/mol. The van der Waals surface area contributed by atoms with E-state index in [1.165, 1.54) is 0 Å². The molecule has 0 aliphatic rings. The van der Waals surface area contributed by atoms with Crippen LogP contribution < -0.4 is 11.5 Å². The van der Waals surface area contributed by atoms with E-state index in [0.717, 1.165) is 0 Å². The third-order valence-electron chi connectivity index (χ3n) is 2.51. The van der Waals surface area contributed by atoms with Gasteiger partial charge in [-0.15, -0.1) is 0 Å². The maximum Gasteiger partial charge on any atom is 0.171 e. The predicted octanol–water partition coefficient (Wildman–Crippen LogP) is 0.810. The van der Waals surface area contributed by atoms with Crippen LogP contribution in [0.2, 0.25) is 0 Å². The van der Waals surface area contributed by atoms with E-state index in [1.807, 2.05) is 13.8 Å². The first-order valence-electron chi connectivity index (χ1n) is 4.40. The van der Waals surface area contributed by atoms with E-state index < -0.39 is 11.1 Å². The molecular formula is C9H20N2O. The van der Waals surface area contributed by atoms with Gasteiger partial charge in [-0.05, 0) is 26.7 Å². The van der Waals surface area contributed by atoms with E-state index in [-0.39, 0.29) is 5.78 Å². The summed E-state index contributed by atoms with van der Waals surface area (Å²) in [6.45, 7) is 7.25. The molecule has 3 heteroatoms. The first kappa shape index (κ1) is 11.6. The number of hydrogen-bond acceptors (Lipinski definition) is 3. The predicted molar refractivity (Wildman–Crippen MR) is 50.8 cm³/mol. The maximum absolute atomic E-state index is 11.7. The average molecular weight is 172 g/mol. The van der Waals surface area contributed by atoms with Crippen molar-refractivity contribution in [2.75, 3.05) is 0 Å². The molecule has 0 radical (unpaired) electrons. The number of nitrogens with two attached hydrogens (primary N) is 2. The second-order valence-electron chi connectivity index (χ2n) is 3.87. The molecule has 0 rings (SSSR count). The molecule has 72 valence electrons. The Hall–Kier alpha value is -0.410. The number of ketones is 1. The lowest BCUT2D eigenvalue weighted by molar-refractivity contribution is -0.128. The van der Waals surface area contributed by atoms with Gasteiger partial charge in [0, 0.05) is 0 Å². The molecule has 0 aromatic heterocycles. The van der Waals surface area contributed by atoms with Crippen LogP contribution in [0.25, 0.3) is 0 Å². The lowest BCUT2D eigenvalue weighted by atomic mass is 9.81. The van der Waals surface area contributed by atoms with Crippen molar-refractivity contribution in [2.45, 2.75) is 51.6 Å². The summed E-state index contributed by atoms with van der Waals surface area (Å²) in [7, 11) is 0. The monoisotopic (exact) mass is 172 g/mol. The highest BCUT2D eigenvalue weighted by molar-refractivity contribution is 5.95. The largest absolute Gasteiger partial charge is 0.319 e. The zero-order valence-corrected chi connectivity index (χ0v) is 8.48. The van der Waals surface area contributed by atoms with Crippen LogP contribution in [0.15, 0.2) is 0 Å². The molecule has 0 aliphatic heterocycles. The normalized spacial score (nSPS) is 21.2. The van der Waals surface area contributed by atoms with Crippen molar-refractivity contribution in [1.29, 1.82) is 0 Å². The quantitative estimate of drug-likeness (QED) is 0.659. The molecule has 2 unspecified atom stereocenters. The van der Waals surface area contributed by atoms with Crippen molar-refractivity contribution in [3.8, 4) is 0 Å². The van der Waals surface area contributed by atoms with Gasteiger partial charge in [0.2, 0.25) is 0 Å². The summed E-state index contributed by atoms with van der Waals surface area (Å²) in [6, 6.07) is 0. The van der Waals surface area contributed by atoms with Gasteiger partial charge < -0.3 is 11.5 Å². The standard InChI is InChI=1S/C9H20N2O/c1-5-8(3,10)7(12)9(4,11)6-2/h5-6,10-11H2,1-4H3. The molecule has 12 heavy (non-hydrogen) atoms. The highest BCUT2D eigenvalue weighted by Crippen LogP contribution is 2.17. The molecule has 0 saturated carbocycles. The van der Waals surface area contributed by atoms with Gasteiger partial charge in [-0.1, -0.05) is 13.8 Å². The fourth-order valence-electron chi connectivity index (χ4n) is 0.973. The lowest BCUT2D eigenvalue weighted by Crippen LogP contribution is -2.58. The van der Waals surface area contributed by atoms with Crippen LogP contribution in [-0.4, -0.2) is 16.9 Å². The van der Waals surface area contributed by atoms with Crippen molar-refractivity contribution in [3.63, 3.8) is 0 Å². The minimum Gasteiger partial charge on any atom is -0.319 e. The summed E-state index contributed by atoms with van der Waals surface area (Å²) in [5.74, 6) is -0.0556. The van der Waals surface area contributed by atoms with Gasteiger partial charge in [-0.3, -0.25) is 4.79 Å². The zero-order valence-electron chi connectivity index (χ0n) is 8.48. The minimum absolute atomic E-state index is 0.0556. The Bertz CT molecular complexity index is 155. The first-order valence-corrected chi connectivity index (χ1v) is 4.40. The average Bonchev–Trinajstić information content (AvgIpc) is 2.03. The highest BCUT2D eigenvalue weighted by atomic mass is 16.1. The van der Waals surface area contributed by atoms with Crippen molar-refractivity contribution in [1.82, 2.24) is 0 Å². The van der Waals surface area contributed by atoms with Crippen molar-refractivity contribution < 1.29 is 4.79 Å². The van der Waals surface area contributed by atoms with Gasteiger partial charge in [-0.25, -0.2) is 0 Å². The van der Waals surface area contributed by atoms with E-state index in [4.69, 9.17) is 11.5 Å². The Morgan fingerprint density at radius 3 is 1.50 bits per heavy atom. The molecule has 0 aromatic rings. The number of carbonyl (C=O) groups excluding carboxylic acids is 1. The summed E-state index contributed by atoms with van der Waals surface area (Å²) in [5, 5.41) is 0. The van der Waals surface area contributed by atoms with Crippen molar-refractivity contribution in [3.05, 3.63) is 0 Å². The number of Topliss-reactive ketones (excluding diaryl/α,β-unsaturated/α-hetero) is 1. The molecule has 0 saturated heterocycles. The van der Waals surface area contributed by atoms with E-state index in [9.17, 15) is 4.79 Å². The smallest absolute Gasteiger partial charge is 0.171 e. The molecule has 0 fully saturated rings. The summed E-state index contributed by atoms with van der Waals surface area (Å²) in [4.78, 5) is 11.7. The van der Waals surface area contributed by atoms with Gasteiger partial charge >= 0.3 is 0 Å². The molecule has 0 amide bonds. The topological polar surface area (TPSA) is 69.1 Å². The van der Waals surface area contributed by atoms with Gasteiger partial charge in [0.25, 0.3) is 0 Å². The van der Waals surface area contributed by atoms with Gasteiger partial charge in [0.15, 0.2) is 5.78 Å².